The Bertz CT molecular complexity index is 1500. The van der Waals surface area contributed by atoms with Gasteiger partial charge in [-0.2, -0.15) is 5.10 Å². The fourth-order valence-corrected chi connectivity index (χ4v) is 6.19. The molecule has 2 aliphatic rings. The van der Waals surface area contributed by atoms with E-state index in [1.807, 2.05) is 50.5 Å². The number of nitrogen functional groups attached to an aromatic ring is 1. The number of nitrogens with zero attached hydrogens (tertiary/aromatic N) is 6. The number of halogens is 2. The fraction of sp³-hybridized carbons (Fsp3) is 0.395. The maximum atomic E-state index is 6.53. The Hall–Kier alpha value is -3.65. The van der Waals surface area contributed by atoms with E-state index in [-0.39, 0.29) is 5.92 Å². The average Bonchev–Trinajstić information content (AvgIpc) is 3.34. The summed E-state index contributed by atoms with van der Waals surface area (Å²) in [5, 5.41) is 7.88. The maximum absolute atomic E-state index is 6.53. The topological polar surface area (TPSA) is 73.9 Å². The molecule has 2 bridgehead atoms. The Morgan fingerprint density at radius 2 is 1.79 bits per heavy atom. The van der Waals surface area contributed by atoms with Crippen LogP contribution in [0.25, 0.3) is 11.1 Å². The van der Waals surface area contributed by atoms with Crippen molar-refractivity contribution in [3.05, 3.63) is 108 Å². The molecular formula is C38H51Cl2N7. The minimum atomic E-state index is -0.143. The van der Waals surface area contributed by atoms with E-state index < -0.39 is 0 Å². The van der Waals surface area contributed by atoms with Gasteiger partial charge < -0.3 is 15.5 Å². The first-order chi connectivity index (χ1) is 22.6. The summed E-state index contributed by atoms with van der Waals surface area (Å²) in [4.78, 5) is 14.4. The number of allylic oxidation sites excluding steroid dienone is 4. The monoisotopic (exact) mass is 675 g/mol. The van der Waals surface area contributed by atoms with Gasteiger partial charge in [-0.05, 0) is 75.6 Å². The number of benzene rings is 1. The smallest absolute Gasteiger partial charge is 0.132 e. The van der Waals surface area contributed by atoms with E-state index in [2.05, 4.69) is 95.8 Å². The minimum Gasteiger partial charge on any atom is -0.383 e. The van der Waals surface area contributed by atoms with Gasteiger partial charge in [0.15, 0.2) is 0 Å². The third-order valence-corrected chi connectivity index (χ3v) is 8.57. The van der Waals surface area contributed by atoms with Crippen LogP contribution in [0, 0.1) is 11.8 Å². The molecule has 0 aliphatic carbocycles. The molecule has 3 aromatic rings. The molecule has 2 saturated heterocycles. The van der Waals surface area contributed by atoms with E-state index in [0.29, 0.717) is 23.4 Å². The van der Waals surface area contributed by atoms with Gasteiger partial charge in [-0.15, -0.1) is 18.2 Å². The molecule has 0 amide bonds. The SMILES string of the molecule is C=C(/C=C(\C)Cl)C(C)/C(=N\N(CC)Cc1ccccc1)c1cc(-c2ccc(N3CC4CC(C3)N(C)C4)nc2)cnc1N.C=CC.CCl. The number of hydrogen-bond acceptors (Lipinski definition) is 7. The molecule has 0 saturated carbocycles. The Morgan fingerprint density at radius 3 is 2.38 bits per heavy atom. The Morgan fingerprint density at radius 1 is 1.11 bits per heavy atom. The number of fused-ring (bicyclic) bond motifs is 2. The second-order valence-electron chi connectivity index (χ2n) is 12.0. The van der Waals surface area contributed by atoms with E-state index in [9.17, 15) is 0 Å². The molecule has 2 N–H and O–H groups in total. The Labute approximate surface area is 292 Å². The van der Waals surface area contributed by atoms with Crippen molar-refractivity contribution in [2.75, 3.05) is 50.2 Å². The highest BCUT2D eigenvalue weighted by Crippen LogP contribution is 2.32. The van der Waals surface area contributed by atoms with Gasteiger partial charge in [0.05, 0.1) is 12.3 Å². The molecule has 47 heavy (non-hydrogen) atoms. The number of pyridine rings is 2. The molecule has 5 rings (SSSR count). The van der Waals surface area contributed by atoms with Crippen molar-refractivity contribution in [1.82, 2.24) is 19.9 Å². The number of likely N-dealkylation sites (N-methyl/N-ethyl adjacent to an activating group) is 1. The zero-order chi connectivity index (χ0) is 34.5. The Balaban J connectivity index is 0.00000114. The molecule has 2 aromatic heterocycles. The van der Waals surface area contributed by atoms with E-state index in [0.717, 1.165) is 59.3 Å². The predicted octanol–water partition coefficient (Wildman–Crippen LogP) is 8.47. The summed E-state index contributed by atoms with van der Waals surface area (Å²) in [5.41, 5.74) is 12.1. The van der Waals surface area contributed by atoms with Crippen LogP contribution < -0.4 is 10.6 Å². The quantitative estimate of drug-likeness (QED) is 0.0764. The van der Waals surface area contributed by atoms with Gasteiger partial charge in [-0.3, -0.25) is 5.01 Å². The molecule has 1 aromatic carbocycles. The van der Waals surface area contributed by atoms with Crippen LogP contribution in [0.3, 0.4) is 0 Å². The van der Waals surface area contributed by atoms with E-state index in [1.54, 1.807) is 6.08 Å². The first-order valence-electron chi connectivity index (χ1n) is 16.2. The van der Waals surface area contributed by atoms with Crippen LogP contribution in [-0.4, -0.2) is 71.2 Å². The van der Waals surface area contributed by atoms with Gasteiger partial charge in [0.2, 0.25) is 0 Å². The third-order valence-electron chi connectivity index (χ3n) is 8.46. The third kappa shape index (κ3) is 10.4. The molecule has 4 heterocycles. The first-order valence-corrected chi connectivity index (χ1v) is 17.3. The van der Waals surface area contributed by atoms with Crippen molar-refractivity contribution in [2.24, 2.45) is 16.9 Å². The number of hydrazone groups is 1. The summed E-state index contributed by atoms with van der Waals surface area (Å²) in [6, 6.07) is 17.3. The summed E-state index contributed by atoms with van der Waals surface area (Å²) >= 11 is 10.9. The number of aromatic nitrogens is 2. The molecule has 7 nitrogen and oxygen atoms in total. The second-order valence-corrected chi connectivity index (χ2v) is 12.6. The van der Waals surface area contributed by atoms with Crippen LogP contribution >= 0.6 is 23.2 Å². The molecular weight excluding hydrogens is 625 g/mol. The van der Waals surface area contributed by atoms with Crippen LogP contribution in [-0.2, 0) is 6.54 Å². The molecule has 0 radical (unpaired) electrons. The predicted molar refractivity (Wildman–Crippen MR) is 203 cm³/mol. The van der Waals surface area contributed by atoms with E-state index >= 15 is 0 Å². The van der Waals surface area contributed by atoms with Crippen LogP contribution in [0.15, 0.2) is 102 Å². The maximum Gasteiger partial charge on any atom is 0.132 e. The van der Waals surface area contributed by atoms with Gasteiger partial charge in [0.1, 0.15) is 11.6 Å². The molecule has 3 unspecified atom stereocenters. The zero-order valence-corrected chi connectivity index (χ0v) is 30.3. The lowest BCUT2D eigenvalue weighted by atomic mass is 9.91. The van der Waals surface area contributed by atoms with E-state index in [1.165, 1.54) is 24.9 Å². The van der Waals surface area contributed by atoms with Crippen LogP contribution in [0.5, 0.6) is 0 Å². The second kappa shape index (κ2) is 18.6. The summed E-state index contributed by atoms with van der Waals surface area (Å²) in [7, 11) is 2.23. The lowest BCUT2D eigenvalue weighted by Crippen LogP contribution is -2.41. The number of rotatable bonds is 10. The molecule has 2 fully saturated rings. The molecule has 2 aliphatic heterocycles. The van der Waals surface area contributed by atoms with Crippen molar-refractivity contribution < 1.29 is 0 Å². The summed E-state index contributed by atoms with van der Waals surface area (Å²) in [6.07, 6.45) is 10.2. The molecule has 9 heteroatoms. The van der Waals surface area contributed by atoms with Crippen molar-refractivity contribution >= 4 is 40.5 Å². The highest BCUT2D eigenvalue weighted by Gasteiger charge is 2.36. The number of anilines is 2. The minimum absolute atomic E-state index is 0.143. The highest BCUT2D eigenvalue weighted by atomic mass is 35.5. The van der Waals surface area contributed by atoms with Gasteiger partial charge >= 0.3 is 0 Å². The Kier molecular flexibility index (Phi) is 15.0. The van der Waals surface area contributed by atoms with Gasteiger partial charge in [0.25, 0.3) is 0 Å². The van der Waals surface area contributed by atoms with Crippen molar-refractivity contribution in [3.8, 4) is 11.1 Å². The largest absolute Gasteiger partial charge is 0.383 e. The fourth-order valence-electron chi connectivity index (χ4n) is 6.05. The van der Waals surface area contributed by atoms with Gasteiger partial charge in [0, 0.05) is 78.6 Å². The molecule has 0 spiro atoms. The van der Waals surface area contributed by atoms with Crippen molar-refractivity contribution in [2.45, 2.75) is 46.7 Å². The summed E-state index contributed by atoms with van der Waals surface area (Å²) < 4.78 is 0. The van der Waals surface area contributed by atoms with Crippen LogP contribution in [0.2, 0.25) is 0 Å². The first kappa shape index (κ1) is 37.8. The number of hydrogen-bond donors (Lipinski definition) is 1. The highest BCUT2D eigenvalue weighted by molar-refractivity contribution is 6.29. The standard InChI is InChI=1S/C34H42ClN7.C3H6.CH3Cl/c1-6-42(21-26-10-8-7-9-11-26)39-33(25(4)23(2)14-24(3)35)31-16-29(18-38-34(31)36)28-12-13-32(37-17-28)41-20-27-15-30(22-41)40(5)19-27;1-3-2;1-2/h7-14,16-18,25,27,30H,2,6,15,19-22H2,1,3-5H3,(H2,36,38);3H,1H2,2H3;1H3/b24-14+,39-33+;;. The normalized spacial score (nSPS) is 18.3. The molecule has 252 valence electrons. The van der Waals surface area contributed by atoms with E-state index in [4.69, 9.17) is 27.4 Å². The van der Waals surface area contributed by atoms with Crippen LogP contribution in [0.4, 0.5) is 11.6 Å². The number of alkyl halides is 1. The summed E-state index contributed by atoms with van der Waals surface area (Å²) in [5.74, 6) is 2.03. The van der Waals surface area contributed by atoms with Crippen molar-refractivity contribution in [1.29, 1.82) is 0 Å². The lowest BCUT2D eigenvalue weighted by molar-refractivity contribution is 0.294. The van der Waals surface area contributed by atoms with Crippen LogP contribution in [0.1, 0.15) is 45.2 Å². The van der Waals surface area contributed by atoms with Crippen molar-refractivity contribution in [3.63, 3.8) is 0 Å². The van der Waals surface area contributed by atoms with Gasteiger partial charge in [-0.25, -0.2) is 9.97 Å². The summed E-state index contributed by atoms with van der Waals surface area (Å²) in [6.45, 7) is 20.3. The zero-order valence-electron chi connectivity index (χ0n) is 28.8. The lowest BCUT2D eigenvalue weighted by Gasteiger charge is -2.33. The average molecular weight is 677 g/mol. The van der Waals surface area contributed by atoms with Gasteiger partial charge in [-0.1, -0.05) is 61.5 Å². The number of piperidine rings is 1. The number of nitrogens with two attached hydrogens (primary N) is 1. The number of likely N-dealkylation sites (tertiary alicyclic amines) is 1. The molecule has 3 atom stereocenters.